The number of H-pyrrole nitrogens is 1. The number of hydrogen-bond donors (Lipinski definition) is 3. The first kappa shape index (κ1) is 57.2. The van der Waals surface area contributed by atoms with Crippen LogP contribution in [0.25, 0.3) is 34.3 Å². The summed E-state index contributed by atoms with van der Waals surface area (Å²) in [4.78, 5) is 19.2. The van der Waals surface area contributed by atoms with E-state index in [0.717, 1.165) is 0 Å². The van der Waals surface area contributed by atoms with Crippen molar-refractivity contribution < 1.29 is 75.2 Å². The average molecular weight is 1040 g/mol. The zero-order chi connectivity index (χ0) is 53.8. The molecule has 2 aromatic carbocycles. The highest BCUT2D eigenvalue weighted by molar-refractivity contribution is 5.94. The Balaban J connectivity index is 0.000000233. The van der Waals surface area contributed by atoms with Crippen molar-refractivity contribution in [2.45, 2.75) is 58.5 Å². The number of nitrogens with one attached hydrogen (secondary N) is 2. The van der Waals surface area contributed by atoms with Crippen molar-refractivity contribution in [3.05, 3.63) is 136 Å². The molecule has 5 aromatic heterocycles. The fraction of sp³-hybridized carbons (Fsp3) is 0.326. The maximum Gasteiger partial charge on any atom is 0.426 e. The highest BCUT2D eigenvalue weighted by Crippen LogP contribution is 2.48. The number of rotatable bonds is 13. The molecule has 0 bridgehead atoms. The smallest absolute Gasteiger partial charge is 0.382 e. The molecule has 0 aliphatic carbocycles. The Kier molecular flexibility index (Phi) is 19.1. The van der Waals surface area contributed by atoms with E-state index < -0.39 is 59.3 Å². The molecule has 0 fully saturated rings. The van der Waals surface area contributed by atoms with Gasteiger partial charge in [-0.25, -0.2) is 8.78 Å². The minimum absolute atomic E-state index is 0.0600. The molecule has 0 radical (unpaired) electrons. The molecule has 0 amide bonds. The molecule has 15 nitrogen and oxygen atoms in total. The summed E-state index contributed by atoms with van der Waals surface area (Å²) in [5, 5.41) is 23.4. The zero-order valence-corrected chi connectivity index (χ0v) is 37.8. The third kappa shape index (κ3) is 15.0. The maximum atomic E-state index is 14.0. The average Bonchev–Trinajstić information content (AvgIpc) is 4.13. The van der Waals surface area contributed by atoms with Gasteiger partial charge in [0.2, 0.25) is 11.9 Å². The number of aromatic amines is 1. The summed E-state index contributed by atoms with van der Waals surface area (Å²) in [5.41, 5.74) is 4.36. The summed E-state index contributed by atoms with van der Waals surface area (Å²) in [5.74, 6) is -8.30. The molecule has 0 aliphatic rings. The van der Waals surface area contributed by atoms with Crippen LogP contribution in [0.1, 0.15) is 43.2 Å². The van der Waals surface area contributed by atoms with Crippen molar-refractivity contribution in [2.24, 2.45) is 11.7 Å². The quantitative estimate of drug-likeness (QED) is 0.0430. The van der Waals surface area contributed by atoms with Gasteiger partial charge < -0.3 is 29.4 Å². The Labute approximate surface area is 397 Å². The van der Waals surface area contributed by atoms with Crippen molar-refractivity contribution >= 4 is 5.84 Å². The number of methoxy groups -OCH3 is 1. The standard InChI is InChI=1S/C18H10F5N5O2.C14H12FN5O.C6H15N.C5H4F8O/c19-10-4-2-1-3-9(10)8-28-13(11-5-6-30-27-11)7-12(26-28)16-24-15(20)14(17(29)25-16)18(21,22)23;15-10-4-2-1-3-9(10)8-20-13(11-5-6-21-19-11)7-12(18-20)14(16)17;1-4-7(5-2)6-3;1-14-5(12,13)2(3(6,7)8)4(9,10)11/h1-7H,8H2,(H,24,25,29);1-7H,8H2,(H3,16,17);4-6H2,1-3H3;2H,1H3. The topological polar surface area (TPSA) is 196 Å². The first-order chi connectivity index (χ1) is 33.7. The second-order valence-corrected chi connectivity index (χ2v) is 14.5. The van der Waals surface area contributed by atoms with Crippen molar-refractivity contribution in [2.75, 3.05) is 26.7 Å². The van der Waals surface area contributed by atoms with Crippen LogP contribution in [0.15, 0.2) is 99.2 Å². The molecule has 0 saturated carbocycles. The Bertz CT molecular complexity index is 2850. The van der Waals surface area contributed by atoms with E-state index in [0.29, 0.717) is 22.6 Å². The first-order valence-electron chi connectivity index (χ1n) is 20.6. The summed E-state index contributed by atoms with van der Waals surface area (Å²) in [7, 11) is 0.0600. The minimum Gasteiger partial charge on any atom is -0.382 e. The lowest BCUT2D eigenvalue weighted by molar-refractivity contribution is -0.393. The molecule has 390 valence electrons. The molecule has 7 rings (SSSR count). The molecule has 29 heteroatoms. The highest BCUT2D eigenvalue weighted by atomic mass is 19.4. The molecule has 7 aromatic rings. The Morgan fingerprint density at radius 2 is 1.18 bits per heavy atom. The molecular formula is C43H41F14N11O4. The second-order valence-electron chi connectivity index (χ2n) is 14.5. The van der Waals surface area contributed by atoms with Crippen LogP contribution < -0.4 is 11.3 Å². The predicted molar refractivity (Wildman–Crippen MR) is 227 cm³/mol. The molecule has 72 heavy (non-hydrogen) atoms. The van der Waals surface area contributed by atoms with E-state index in [2.05, 4.69) is 55.9 Å². The van der Waals surface area contributed by atoms with E-state index in [9.17, 15) is 66.3 Å². The number of hydrogen-bond acceptors (Lipinski definition) is 11. The number of ether oxygens (including phenoxy) is 1. The molecular weight excluding hydrogens is 1000 g/mol. The van der Waals surface area contributed by atoms with Gasteiger partial charge in [0.25, 0.3) is 5.56 Å². The van der Waals surface area contributed by atoms with E-state index in [1.165, 1.54) is 73.2 Å². The fourth-order valence-corrected chi connectivity index (χ4v) is 6.17. The van der Waals surface area contributed by atoms with Gasteiger partial charge in [0.1, 0.15) is 52.8 Å². The lowest BCUT2D eigenvalue weighted by atomic mass is 10.1. The number of nitrogens with two attached hydrogens (primary N) is 1. The fourth-order valence-electron chi connectivity index (χ4n) is 6.17. The van der Waals surface area contributed by atoms with Gasteiger partial charge >= 0.3 is 24.6 Å². The molecule has 5 heterocycles. The van der Waals surface area contributed by atoms with Gasteiger partial charge in [0, 0.05) is 30.4 Å². The van der Waals surface area contributed by atoms with E-state index in [4.69, 9.17) is 20.2 Å². The molecule has 0 aliphatic heterocycles. The lowest BCUT2D eigenvalue weighted by Gasteiger charge is -2.28. The third-order valence-corrected chi connectivity index (χ3v) is 9.80. The van der Waals surface area contributed by atoms with E-state index >= 15 is 0 Å². The monoisotopic (exact) mass is 1040 g/mol. The number of nitrogens with zero attached hydrogens (tertiary/aromatic N) is 8. The van der Waals surface area contributed by atoms with Crippen LogP contribution in [-0.4, -0.2) is 95.8 Å². The van der Waals surface area contributed by atoms with E-state index in [1.54, 1.807) is 41.1 Å². The Morgan fingerprint density at radius 1 is 0.722 bits per heavy atom. The van der Waals surface area contributed by atoms with Crippen LogP contribution in [-0.2, 0) is 24.0 Å². The first-order valence-corrected chi connectivity index (χ1v) is 20.6. The molecule has 0 atom stereocenters. The van der Waals surface area contributed by atoms with Crippen molar-refractivity contribution in [1.82, 2.24) is 44.7 Å². The van der Waals surface area contributed by atoms with E-state index in [-0.39, 0.29) is 54.5 Å². The van der Waals surface area contributed by atoms with Crippen molar-refractivity contribution in [3.63, 3.8) is 0 Å². The van der Waals surface area contributed by atoms with Crippen LogP contribution in [0.3, 0.4) is 0 Å². The van der Waals surface area contributed by atoms with Crippen LogP contribution in [0.4, 0.5) is 61.5 Å². The number of nitrogen functional groups attached to an aromatic ring is 1. The Morgan fingerprint density at radius 3 is 1.53 bits per heavy atom. The zero-order valence-electron chi connectivity index (χ0n) is 37.8. The molecule has 0 unspecified atom stereocenters. The van der Waals surface area contributed by atoms with Gasteiger partial charge in [-0.15, -0.1) is 0 Å². The summed E-state index contributed by atoms with van der Waals surface area (Å²) in [6.45, 7) is 10.3. The predicted octanol–water partition coefficient (Wildman–Crippen LogP) is 9.96. The number of alkyl halides is 11. The van der Waals surface area contributed by atoms with Crippen LogP contribution >= 0.6 is 0 Å². The number of halogens is 14. The SMILES string of the molecule is CCN(CC)CC.COC(F)(F)C(C(F)(F)F)C(F)(F)F.N=C(N)c1cc(-c2ccon2)n(Cc2ccccc2F)n1.O=c1[nH]c(-c2cc(-c3ccon3)n(Cc3ccccc3F)n2)nc(F)c1C(F)(F)F. The van der Waals surface area contributed by atoms with Gasteiger partial charge in [-0.05, 0) is 43.9 Å². The van der Waals surface area contributed by atoms with Crippen LogP contribution in [0.5, 0.6) is 0 Å². The van der Waals surface area contributed by atoms with Gasteiger partial charge in [-0.3, -0.25) is 19.6 Å². The van der Waals surface area contributed by atoms with Gasteiger partial charge in [0.15, 0.2) is 11.4 Å². The molecule has 0 spiro atoms. The van der Waals surface area contributed by atoms with Crippen molar-refractivity contribution in [1.29, 1.82) is 5.41 Å². The van der Waals surface area contributed by atoms with Gasteiger partial charge in [0.05, 0.1) is 24.5 Å². The summed E-state index contributed by atoms with van der Waals surface area (Å²) >= 11 is 0. The van der Waals surface area contributed by atoms with Crippen molar-refractivity contribution in [3.8, 4) is 34.3 Å². The maximum absolute atomic E-state index is 14.0. The largest absolute Gasteiger partial charge is 0.426 e. The summed E-state index contributed by atoms with van der Waals surface area (Å²) < 4.78 is 189. The second kappa shape index (κ2) is 24.1. The normalized spacial score (nSPS) is 11.9. The van der Waals surface area contributed by atoms with Gasteiger partial charge in [-0.2, -0.15) is 67.9 Å². The number of benzene rings is 2. The van der Waals surface area contributed by atoms with Gasteiger partial charge in [-0.1, -0.05) is 67.5 Å². The highest BCUT2D eigenvalue weighted by Gasteiger charge is 2.69. The summed E-state index contributed by atoms with van der Waals surface area (Å²) in [6.07, 6.45) is -20.1. The van der Waals surface area contributed by atoms with E-state index in [1.807, 2.05) is 4.98 Å². The number of aromatic nitrogens is 8. The third-order valence-electron chi connectivity index (χ3n) is 9.80. The summed E-state index contributed by atoms with van der Waals surface area (Å²) in [6, 6.07) is 18.4. The number of amidine groups is 1. The Hall–Kier alpha value is -7.43. The molecule has 0 saturated heterocycles. The molecule has 4 N–H and O–H groups in total. The lowest BCUT2D eigenvalue weighted by Crippen LogP contribution is -2.49. The van der Waals surface area contributed by atoms with Crippen LogP contribution in [0.2, 0.25) is 0 Å². The van der Waals surface area contributed by atoms with Crippen LogP contribution in [0, 0.1) is 28.9 Å². The minimum atomic E-state index is -6.11.